The highest BCUT2D eigenvalue weighted by Gasteiger charge is 2.45. The van der Waals surface area contributed by atoms with Crippen LogP contribution in [0.25, 0.3) is 5.76 Å². The van der Waals surface area contributed by atoms with Crippen LogP contribution in [0.5, 0.6) is 11.5 Å². The second kappa shape index (κ2) is 10.4. The van der Waals surface area contributed by atoms with Crippen LogP contribution in [-0.4, -0.2) is 41.0 Å². The number of Topliss-reactive ketones (excluding diaryl/α,β-unsaturated/α-hetero) is 1. The molecule has 1 amide bonds. The molecule has 2 aromatic carbocycles. The molecule has 0 saturated carbocycles. The molecular weight excluding hydrogens is 406 g/mol. The number of ether oxygens (including phenoxy) is 2. The average Bonchev–Trinajstić information content (AvgIpc) is 3.02. The van der Waals surface area contributed by atoms with Gasteiger partial charge in [-0.15, -0.1) is 0 Å². The normalized spacial score (nSPS) is 17.8. The number of aliphatic hydroxyl groups excluding tert-OH is 1. The number of rotatable bonds is 9. The molecular formula is C26H31NO5. The van der Waals surface area contributed by atoms with Gasteiger partial charge in [0, 0.05) is 12.1 Å². The molecule has 1 atom stereocenters. The van der Waals surface area contributed by atoms with Gasteiger partial charge < -0.3 is 19.5 Å². The fourth-order valence-electron chi connectivity index (χ4n) is 3.87. The van der Waals surface area contributed by atoms with Gasteiger partial charge in [-0.25, -0.2) is 0 Å². The van der Waals surface area contributed by atoms with E-state index >= 15 is 0 Å². The lowest BCUT2D eigenvalue weighted by Gasteiger charge is -2.25. The summed E-state index contributed by atoms with van der Waals surface area (Å²) in [5.41, 5.74) is 1.24. The number of carbonyl (C=O) groups is 2. The second-order valence-electron chi connectivity index (χ2n) is 8.05. The first-order chi connectivity index (χ1) is 15.4. The zero-order valence-corrected chi connectivity index (χ0v) is 19.1. The maximum atomic E-state index is 13.1. The van der Waals surface area contributed by atoms with Crippen molar-refractivity contribution in [3.05, 3.63) is 65.2 Å². The van der Waals surface area contributed by atoms with E-state index in [0.717, 1.165) is 18.4 Å². The molecule has 170 valence electrons. The Kier molecular flexibility index (Phi) is 7.57. The molecule has 6 nitrogen and oxygen atoms in total. The van der Waals surface area contributed by atoms with Crippen LogP contribution in [0.1, 0.15) is 57.7 Å². The number of aliphatic hydroxyl groups is 1. The molecule has 2 aromatic rings. The van der Waals surface area contributed by atoms with E-state index in [1.807, 2.05) is 52.0 Å². The van der Waals surface area contributed by atoms with Gasteiger partial charge in [-0.3, -0.25) is 9.59 Å². The van der Waals surface area contributed by atoms with Crippen molar-refractivity contribution in [2.75, 3.05) is 13.2 Å². The van der Waals surface area contributed by atoms with Crippen LogP contribution in [0.4, 0.5) is 0 Å². The Hall–Kier alpha value is -3.28. The van der Waals surface area contributed by atoms with Crippen molar-refractivity contribution < 1.29 is 24.2 Å². The summed E-state index contributed by atoms with van der Waals surface area (Å²) >= 11 is 0. The van der Waals surface area contributed by atoms with E-state index in [9.17, 15) is 14.7 Å². The molecule has 32 heavy (non-hydrogen) atoms. The molecule has 0 aliphatic carbocycles. The summed E-state index contributed by atoms with van der Waals surface area (Å²) < 4.78 is 11.4. The molecule has 1 N–H and O–H groups in total. The van der Waals surface area contributed by atoms with Gasteiger partial charge in [0.05, 0.1) is 24.3 Å². The topological polar surface area (TPSA) is 76.1 Å². The van der Waals surface area contributed by atoms with E-state index in [2.05, 4.69) is 0 Å². The van der Waals surface area contributed by atoms with Crippen LogP contribution in [0.15, 0.2) is 54.1 Å². The highest BCUT2D eigenvalue weighted by atomic mass is 16.5. The minimum Gasteiger partial charge on any atom is -0.507 e. The molecule has 1 unspecified atom stereocenters. The summed E-state index contributed by atoms with van der Waals surface area (Å²) in [5.74, 6) is -0.247. The summed E-state index contributed by atoms with van der Waals surface area (Å²) in [7, 11) is 0. The summed E-state index contributed by atoms with van der Waals surface area (Å²) in [5, 5.41) is 11.2. The number of hydrogen-bond acceptors (Lipinski definition) is 5. The predicted octanol–water partition coefficient (Wildman–Crippen LogP) is 5.09. The van der Waals surface area contributed by atoms with Crippen LogP contribution in [0.3, 0.4) is 0 Å². The lowest BCUT2D eigenvalue weighted by molar-refractivity contribution is -0.139. The third kappa shape index (κ3) is 4.96. The third-order valence-corrected chi connectivity index (χ3v) is 5.26. The van der Waals surface area contributed by atoms with E-state index in [1.54, 1.807) is 29.2 Å². The van der Waals surface area contributed by atoms with Crippen molar-refractivity contribution in [2.45, 2.75) is 52.7 Å². The van der Waals surface area contributed by atoms with E-state index in [0.29, 0.717) is 30.2 Å². The first kappa shape index (κ1) is 23.4. The minimum absolute atomic E-state index is 0.0157. The number of benzene rings is 2. The van der Waals surface area contributed by atoms with Gasteiger partial charge in [0.15, 0.2) is 0 Å². The van der Waals surface area contributed by atoms with Crippen LogP contribution in [0.2, 0.25) is 0 Å². The fraction of sp³-hybridized carbons (Fsp3) is 0.385. The highest BCUT2D eigenvalue weighted by Crippen LogP contribution is 2.40. The van der Waals surface area contributed by atoms with E-state index in [4.69, 9.17) is 9.47 Å². The number of amides is 1. The van der Waals surface area contributed by atoms with Crippen molar-refractivity contribution in [2.24, 2.45) is 0 Å². The summed E-state index contributed by atoms with van der Waals surface area (Å²) in [4.78, 5) is 27.6. The zero-order valence-electron chi connectivity index (χ0n) is 19.1. The van der Waals surface area contributed by atoms with E-state index in [1.165, 1.54) is 0 Å². The van der Waals surface area contributed by atoms with E-state index < -0.39 is 17.7 Å². The monoisotopic (exact) mass is 437 g/mol. The number of hydrogen-bond donors (Lipinski definition) is 1. The van der Waals surface area contributed by atoms with Gasteiger partial charge in [-0.1, -0.05) is 37.6 Å². The molecule has 1 saturated heterocycles. The summed E-state index contributed by atoms with van der Waals surface area (Å²) in [6, 6.07) is 13.6. The van der Waals surface area contributed by atoms with Crippen LogP contribution in [0, 0.1) is 0 Å². The molecule has 0 aromatic heterocycles. The van der Waals surface area contributed by atoms with Crippen molar-refractivity contribution >= 4 is 17.4 Å². The average molecular weight is 438 g/mol. The lowest BCUT2D eigenvalue weighted by atomic mass is 9.95. The first-order valence-electron chi connectivity index (χ1n) is 11.2. The summed E-state index contributed by atoms with van der Waals surface area (Å²) in [6.45, 7) is 8.68. The Labute approximate surface area is 189 Å². The summed E-state index contributed by atoms with van der Waals surface area (Å²) in [6.07, 6.45) is 1.62. The number of ketones is 1. The Morgan fingerprint density at radius 3 is 2.47 bits per heavy atom. The van der Waals surface area contributed by atoms with Crippen molar-refractivity contribution in [1.29, 1.82) is 0 Å². The number of unbranched alkanes of at least 4 members (excludes halogenated alkanes) is 1. The second-order valence-corrected chi connectivity index (χ2v) is 8.05. The molecule has 3 rings (SSSR count). The van der Waals surface area contributed by atoms with Gasteiger partial charge in [-0.05, 0) is 57.0 Å². The molecule has 0 radical (unpaired) electrons. The van der Waals surface area contributed by atoms with Gasteiger partial charge in [-0.2, -0.15) is 0 Å². The highest BCUT2D eigenvalue weighted by molar-refractivity contribution is 6.46. The van der Waals surface area contributed by atoms with Gasteiger partial charge >= 0.3 is 0 Å². The van der Waals surface area contributed by atoms with Gasteiger partial charge in [0.25, 0.3) is 11.7 Å². The minimum atomic E-state index is -0.687. The van der Waals surface area contributed by atoms with Crippen LogP contribution < -0.4 is 9.47 Å². The molecule has 6 heteroatoms. The molecule has 1 aliphatic rings. The van der Waals surface area contributed by atoms with Gasteiger partial charge in [0.1, 0.15) is 17.3 Å². The lowest BCUT2D eigenvalue weighted by Crippen LogP contribution is -2.30. The molecule has 1 heterocycles. The smallest absolute Gasteiger partial charge is 0.295 e. The predicted molar refractivity (Wildman–Crippen MR) is 124 cm³/mol. The maximum Gasteiger partial charge on any atom is 0.295 e. The molecule has 0 bridgehead atoms. The molecule has 0 spiro atoms. The van der Waals surface area contributed by atoms with E-state index in [-0.39, 0.29) is 17.4 Å². The quantitative estimate of drug-likeness (QED) is 0.336. The van der Waals surface area contributed by atoms with Crippen molar-refractivity contribution in [3.8, 4) is 11.5 Å². The Morgan fingerprint density at radius 1 is 1.06 bits per heavy atom. The zero-order chi connectivity index (χ0) is 23.3. The number of nitrogens with zero attached hydrogens (tertiary/aromatic N) is 1. The van der Waals surface area contributed by atoms with Crippen molar-refractivity contribution in [1.82, 2.24) is 4.90 Å². The van der Waals surface area contributed by atoms with Gasteiger partial charge in [0.2, 0.25) is 0 Å². The largest absolute Gasteiger partial charge is 0.507 e. The SMILES string of the molecule is CCCCN1C(=O)C(=O)/C(=C(\O)c2cccc(OCC)c2)C1c1cccc(OC(C)C)c1. The Balaban J connectivity index is 2.14. The Bertz CT molecular complexity index is 1010. The molecule has 1 aliphatic heterocycles. The Morgan fingerprint density at radius 2 is 1.78 bits per heavy atom. The fourth-order valence-corrected chi connectivity index (χ4v) is 3.87. The first-order valence-corrected chi connectivity index (χ1v) is 11.2. The van der Waals surface area contributed by atoms with Crippen LogP contribution in [-0.2, 0) is 9.59 Å². The number of likely N-dealkylation sites (tertiary alicyclic amines) is 1. The maximum absolute atomic E-state index is 13.1. The van der Waals surface area contributed by atoms with Crippen molar-refractivity contribution in [3.63, 3.8) is 0 Å². The van der Waals surface area contributed by atoms with Crippen LogP contribution >= 0.6 is 0 Å². The number of carbonyl (C=O) groups excluding carboxylic acids is 2. The standard InChI is InChI=1S/C26H31NO5/c1-5-7-14-27-23(18-10-8-13-21(15-18)32-17(3)4)22(25(29)26(27)30)24(28)19-11-9-12-20(16-19)31-6-2/h8-13,15-17,23,28H,5-7,14H2,1-4H3/b24-22-. The molecule has 1 fully saturated rings. The third-order valence-electron chi connectivity index (χ3n) is 5.26.